The van der Waals surface area contributed by atoms with Crippen LogP contribution in [0.25, 0.3) is 22.0 Å². The van der Waals surface area contributed by atoms with E-state index < -0.39 is 0 Å². The fraction of sp³-hybridized carbons (Fsp3) is 0.200. The molecule has 0 aliphatic carbocycles. The average Bonchev–Trinajstić information content (AvgIpc) is 2.91. The summed E-state index contributed by atoms with van der Waals surface area (Å²) in [7, 11) is 2.20. The van der Waals surface area contributed by atoms with Gasteiger partial charge in [-0.05, 0) is 65.7 Å². The van der Waals surface area contributed by atoms with Gasteiger partial charge in [0.05, 0.1) is 5.69 Å². The summed E-state index contributed by atoms with van der Waals surface area (Å²) < 4.78 is 0. The minimum Gasteiger partial charge on any atom is -0.382 e. The quantitative estimate of drug-likeness (QED) is 0.540. The Balaban J connectivity index is 1.59. The Morgan fingerprint density at radius 3 is 2.59 bits per heavy atom. The lowest BCUT2D eigenvalue weighted by molar-refractivity contribution is 0.328. The molecule has 0 radical (unpaired) electrons. The van der Waals surface area contributed by atoms with Gasteiger partial charge in [0.15, 0.2) is 0 Å². The van der Waals surface area contributed by atoms with Gasteiger partial charge in [-0.3, -0.25) is 0 Å². The van der Waals surface area contributed by atoms with Crippen LogP contribution in [-0.4, -0.2) is 28.7 Å². The van der Waals surface area contributed by atoms with Crippen molar-refractivity contribution in [1.82, 2.24) is 15.1 Å². The van der Waals surface area contributed by atoms with Gasteiger partial charge in [0.25, 0.3) is 0 Å². The molecule has 29 heavy (non-hydrogen) atoms. The van der Waals surface area contributed by atoms with Crippen LogP contribution in [0.5, 0.6) is 0 Å². The second-order valence-electron chi connectivity index (χ2n) is 7.94. The molecule has 1 atom stereocenters. The molecule has 4 aromatic rings. The first kappa shape index (κ1) is 17.8. The van der Waals surface area contributed by atoms with Gasteiger partial charge in [-0.2, -0.15) is 0 Å². The second-order valence-corrected chi connectivity index (χ2v) is 7.94. The molecule has 1 aliphatic rings. The minimum atomic E-state index is 0.395. The molecule has 0 saturated carbocycles. The molecule has 5 rings (SSSR count). The van der Waals surface area contributed by atoms with Crippen LogP contribution < -0.4 is 5.73 Å². The predicted octanol–water partition coefficient (Wildman–Crippen LogP) is 4.85. The number of aromatic nitrogens is 2. The topological polar surface area (TPSA) is 55.0 Å². The summed E-state index contributed by atoms with van der Waals surface area (Å²) in [5.74, 6) is 0.839. The van der Waals surface area contributed by atoms with Gasteiger partial charge in [0.2, 0.25) is 0 Å². The maximum atomic E-state index is 5.70. The van der Waals surface area contributed by atoms with E-state index in [1.54, 1.807) is 6.07 Å². The molecule has 4 heteroatoms. The van der Waals surface area contributed by atoms with E-state index in [9.17, 15) is 0 Å². The number of benzene rings is 3. The fourth-order valence-electron chi connectivity index (χ4n) is 4.38. The van der Waals surface area contributed by atoms with E-state index in [4.69, 9.17) is 5.73 Å². The van der Waals surface area contributed by atoms with Gasteiger partial charge in [0.1, 0.15) is 5.82 Å². The third-order valence-corrected chi connectivity index (χ3v) is 5.91. The van der Waals surface area contributed by atoms with Gasteiger partial charge >= 0.3 is 0 Å². The average molecular weight is 380 g/mol. The standard InChI is InChI=1S/C25H24N4/c1-29-13-12-23(19-7-6-17-4-2-3-5-18(17)14-19)22-9-8-20(15-21(22)16-29)24-10-11-25(26)28-27-24/h2-11,14-15,23H,12-13,16H2,1H3,(H2,26,28). The van der Waals surface area contributed by atoms with E-state index in [1.165, 1.54) is 27.5 Å². The SMILES string of the molecule is CN1CCC(c2ccc3ccccc3c2)c2ccc(-c3ccc(N)nn3)cc2C1. The Hall–Kier alpha value is -3.24. The summed E-state index contributed by atoms with van der Waals surface area (Å²) in [5.41, 5.74) is 11.8. The summed E-state index contributed by atoms with van der Waals surface area (Å²) in [6.07, 6.45) is 1.11. The van der Waals surface area contributed by atoms with Crippen molar-refractivity contribution in [2.45, 2.75) is 18.9 Å². The highest BCUT2D eigenvalue weighted by molar-refractivity contribution is 5.83. The van der Waals surface area contributed by atoms with Gasteiger partial charge in [0, 0.05) is 18.0 Å². The Morgan fingerprint density at radius 1 is 0.897 bits per heavy atom. The molecular formula is C25H24N4. The number of hydrogen-bond donors (Lipinski definition) is 1. The maximum absolute atomic E-state index is 5.70. The van der Waals surface area contributed by atoms with Gasteiger partial charge in [-0.25, -0.2) is 0 Å². The molecule has 144 valence electrons. The summed E-state index contributed by atoms with van der Waals surface area (Å²) in [5, 5.41) is 10.9. The fourth-order valence-corrected chi connectivity index (χ4v) is 4.38. The molecule has 0 amide bonds. The third kappa shape index (κ3) is 3.47. The molecular weight excluding hydrogens is 356 g/mol. The zero-order chi connectivity index (χ0) is 19.8. The van der Waals surface area contributed by atoms with Crippen molar-refractivity contribution in [2.24, 2.45) is 0 Å². The Bertz CT molecular complexity index is 1170. The predicted molar refractivity (Wildman–Crippen MR) is 119 cm³/mol. The summed E-state index contributed by atoms with van der Waals surface area (Å²) in [4.78, 5) is 2.40. The molecule has 4 nitrogen and oxygen atoms in total. The highest BCUT2D eigenvalue weighted by atomic mass is 15.1. The maximum Gasteiger partial charge on any atom is 0.146 e. The van der Waals surface area contributed by atoms with Crippen LogP contribution in [0.1, 0.15) is 29.0 Å². The van der Waals surface area contributed by atoms with E-state index >= 15 is 0 Å². The number of hydrogen-bond acceptors (Lipinski definition) is 4. The minimum absolute atomic E-state index is 0.395. The lowest BCUT2D eigenvalue weighted by atomic mass is 9.85. The second kappa shape index (κ2) is 7.30. The summed E-state index contributed by atoms with van der Waals surface area (Å²) >= 11 is 0. The number of anilines is 1. The van der Waals surface area contributed by atoms with Crippen LogP contribution in [0.15, 0.2) is 72.8 Å². The number of fused-ring (bicyclic) bond motifs is 2. The zero-order valence-corrected chi connectivity index (χ0v) is 16.5. The van der Waals surface area contributed by atoms with Crippen LogP contribution in [-0.2, 0) is 6.54 Å². The molecule has 1 aliphatic heterocycles. The molecule has 0 fully saturated rings. The molecule has 0 saturated heterocycles. The van der Waals surface area contributed by atoms with E-state index in [0.29, 0.717) is 11.7 Å². The highest BCUT2D eigenvalue weighted by Gasteiger charge is 2.23. The van der Waals surface area contributed by atoms with Crippen molar-refractivity contribution in [3.63, 3.8) is 0 Å². The first-order valence-corrected chi connectivity index (χ1v) is 10.1. The molecule has 2 N–H and O–H groups in total. The number of nitrogens with two attached hydrogens (primary N) is 1. The Labute approximate surface area is 171 Å². The van der Waals surface area contributed by atoms with Crippen LogP contribution >= 0.6 is 0 Å². The number of nitrogens with zero attached hydrogens (tertiary/aromatic N) is 3. The van der Waals surface area contributed by atoms with Gasteiger partial charge < -0.3 is 10.6 Å². The van der Waals surface area contributed by atoms with Crippen molar-refractivity contribution >= 4 is 16.6 Å². The highest BCUT2D eigenvalue weighted by Crippen LogP contribution is 2.36. The van der Waals surface area contributed by atoms with E-state index in [2.05, 4.69) is 82.8 Å². The van der Waals surface area contributed by atoms with Crippen LogP contribution in [0.2, 0.25) is 0 Å². The Morgan fingerprint density at radius 2 is 1.76 bits per heavy atom. The van der Waals surface area contributed by atoms with Crippen LogP contribution in [0, 0.1) is 0 Å². The van der Waals surface area contributed by atoms with Crippen molar-refractivity contribution < 1.29 is 0 Å². The largest absolute Gasteiger partial charge is 0.382 e. The molecule has 1 aromatic heterocycles. The van der Waals surface area contributed by atoms with E-state index in [-0.39, 0.29) is 0 Å². The van der Waals surface area contributed by atoms with Crippen molar-refractivity contribution in [1.29, 1.82) is 0 Å². The van der Waals surface area contributed by atoms with E-state index in [0.717, 1.165) is 30.8 Å². The normalized spacial score (nSPS) is 17.1. The number of nitrogen functional groups attached to an aromatic ring is 1. The van der Waals surface area contributed by atoms with Crippen molar-refractivity contribution in [2.75, 3.05) is 19.3 Å². The van der Waals surface area contributed by atoms with Crippen molar-refractivity contribution in [3.8, 4) is 11.3 Å². The molecule has 0 bridgehead atoms. The first-order chi connectivity index (χ1) is 14.2. The lowest BCUT2D eigenvalue weighted by Crippen LogP contribution is -2.17. The van der Waals surface area contributed by atoms with E-state index in [1.807, 2.05) is 6.07 Å². The summed E-state index contributed by atoms with van der Waals surface area (Å²) in [6.45, 7) is 2.01. The van der Waals surface area contributed by atoms with Crippen LogP contribution in [0.3, 0.4) is 0 Å². The first-order valence-electron chi connectivity index (χ1n) is 10.1. The molecule has 0 spiro atoms. The number of rotatable bonds is 2. The lowest BCUT2D eigenvalue weighted by Gasteiger charge is -2.19. The monoisotopic (exact) mass is 380 g/mol. The molecule has 2 heterocycles. The zero-order valence-electron chi connectivity index (χ0n) is 16.5. The Kier molecular flexibility index (Phi) is 4.49. The smallest absolute Gasteiger partial charge is 0.146 e. The van der Waals surface area contributed by atoms with Gasteiger partial charge in [-0.15, -0.1) is 10.2 Å². The van der Waals surface area contributed by atoms with Crippen LogP contribution in [0.4, 0.5) is 5.82 Å². The third-order valence-electron chi connectivity index (χ3n) is 5.91. The summed E-state index contributed by atoms with van der Waals surface area (Å²) in [6, 6.07) is 25.9. The molecule has 3 aromatic carbocycles. The van der Waals surface area contributed by atoms with Gasteiger partial charge in [-0.1, -0.05) is 54.6 Å². The van der Waals surface area contributed by atoms with Crippen molar-refractivity contribution in [3.05, 3.63) is 89.5 Å². The molecule has 1 unspecified atom stereocenters.